The van der Waals surface area contributed by atoms with Crippen LogP contribution in [-0.4, -0.2) is 17.1 Å². The minimum Gasteiger partial charge on any atom is -0.508 e. The van der Waals surface area contributed by atoms with Gasteiger partial charge in [0, 0.05) is 11.4 Å². The van der Waals surface area contributed by atoms with Gasteiger partial charge in [0.15, 0.2) is 0 Å². The molecule has 3 rings (SSSR count). The number of rotatable bonds is 2. The molecular weight excluding hydrogens is 252 g/mol. The van der Waals surface area contributed by atoms with E-state index < -0.39 is 0 Å². The van der Waals surface area contributed by atoms with Gasteiger partial charge in [-0.25, -0.2) is 0 Å². The molecule has 0 spiro atoms. The lowest BCUT2D eigenvalue weighted by molar-refractivity contribution is -0.117. The number of hydrogen-bond acceptors (Lipinski definition) is 3. The number of carbonyl (C=O) groups excluding carboxylic acids is 1. The van der Waals surface area contributed by atoms with Crippen molar-refractivity contribution in [2.75, 3.05) is 10.6 Å². The van der Waals surface area contributed by atoms with Crippen molar-refractivity contribution in [1.82, 2.24) is 0 Å². The summed E-state index contributed by atoms with van der Waals surface area (Å²) in [5, 5.41) is 15.3. The summed E-state index contributed by atoms with van der Waals surface area (Å²) in [6, 6.07) is 14.3. The van der Waals surface area contributed by atoms with Crippen LogP contribution in [0.3, 0.4) is 0 Å². The molecule has 4 heteroatoms. The molecule has 0 aliphatic carbocycles. The van der Waals surface area contributed by atoms with Crippen LogP contribution in [-0.2, 0) is 11.2 Å². The zero-order chi connectivity index (χ0) is 13.9. The second-order valence-electron chi connectivity index (χ2n) is 4.93. The first kappa shape index (κ1) is 12.5. The summed E-state index contributed by atoms with van der Waals surface area (Å²) in [7, 11) is 0. The fraction of sp³-hybridized carbons (Fsp3) is 0.188. The van der Waals surface area contributed by atoms with Crippen LogP contribution in [0, 0.1) is 0 Å². The van der Waals surface area contributed by atoms with Gasteiger partial charge in [-0.3, -0.25) is 4.79 Å². The number of phenols is 1. The molecule has 0 bridgehead atoms. The first-order valence-electron chi connectivity index (χ1n) is 6.67. The van der Waals surface area contributed by atoms with E-state index in [9.17, 15) is 9.90 Å². The summed E-state index contributed by atoms with van der Waals surface area (Å²) >= 11 is 0. The van der Waals surface area contributed by atoms with Crippen molar-refractivity contribution >= 4 is 17.3 Å². The van der Waals surface area contributed by atoms with Crippen molar-refractivity contribution in [3.8, 4) is 5.75 Å². The van der Waals surface area contributed by atoms with Gasteiger partial charge >= 0.3 is 0 Å². The molecule has 0 saturated heterocycles. The average molecular weight is 268 g/mol. The monoisotopic (exact) mass is 268 g/mol. The van der Waals surface area contributed by atoms with Crippen molar-refractivity contribution in [3.63, 3.8) is 0 Å². The Hall–Kier alpha value is -2.49. The molecule has 2 aromatic carbocycles. The number of aromatic hydroxyl groups is 1. The molecule has 0 radical (unpaired) electrons. The van der Waals surface area contributed by atoms with Gasteiger partial charge in [0.05, 0.1) is 0 Å². The van der Waals surface area contributed by atoms with Crippen LogP contribution in [0.2, 0.25) is 0 Å². The number of para-hydroxylation sites is 1. The first-order valence-corrected chi connectivity index (χ1v) is 6.67. The lowest BCUT2D eigenvalue weighted by atomic mass is 9.97. The van der Waals surface area contributed by atoms with E-state index in [0.717, 1.165) is 18.5 Å². The maximum absolute atomic E-state index is 12.2. The Morgan fingerprint density at radius 1 is 1.15 bits per heavy atom. The smallest absolute Gasteiger partial charge is 0.246 e. The van der Waals surface area contributed by atoms with Crippen LogP contribution in [0.5, 0.6) is 5.75 Å². The van der Waals surface area contributed by atoms with Gasteiger partial charge in [0.1, 0.15) is 11.8 Å². The van der Waals surface area contributed by atoms with Crippen molar-refractivity contribution in [2.45, 2.75) is 18.9 Å². The van der Waals surface area contributed by atoms with Gasteiger partial charge in [0.25, 0.3) is 0 Å². The average Bonchev–Trinajstić information content (AvgIpc) is 2.49. The largest absolute Gasteiger partial charge is 0.508 e. The van der Waals surface area contributed by atoms with Gasteiger partial charge in [-0.1, -0.05) is 18.2 Å². The van der Waals surface area contributed by atoms with Crippen molar-refractivity contribution < 1.29 is 9.90 Å². The Balaban J connectivity index is 1.68. The molecule has 1 amide bonds. The zero-order valence-electron chi connectivity index (χ0n) is 11.0. The number of phenolic OH excluding ortho intramolecular Hbond substituents is 1. The summed E-state index contributed by atoms with van der Waals surface area (Å²) in [5.41, 5.74) is 2.97. The molecule has 1 atom stereocenters. The summed E-state index contributed by atoms with van der Waals surface area (Å²) < 4.78 is 0. The molecule has 1 aliphatic heterocycles. The van der Waals surface area contributed by atoms with E-state index >= 15 is 0 Å². The van der Waals surface area contributed by atoms with Crippen LogP contribution in [0.25, 0.3) is 0 Å². The molecule has 0 fully saturated rings. The number of aryl methyl sites for hydroxylation is 1. The summed E-state index contributed by atoms with van der Waals surface area (Å²) in [5.74, 6) is 0.137. The maximum Gasteiger partial charge on any atom is 0.246 e. The van der Waals surface area contributed by atoms with Gasteiger partial charge in [0.2, 0.25) is 5.91 Å². The highest BCUT2D eigenvalue weighted by Gasteiger charge is 2.23. The fourth-order valence-corrected chi connectivity index (χ4v) is 2.41. The van der Waals surface area contributed by atoms with Crippen LogP contribution in [0.1, 0.15) is 12.0 Å². The van der Waals surface area contributed by atoms with E-state index in [2.05, 4.69) is 16.7 Å². The Kier molecular flexibility index (Phi) is 3.29. The minimum absolute atomic E-state index is 0.0507. The Morgan fingerprint density at radius 2 is 1.90 bits per heavy atom. The predicted molar refractivity (Wildman–Crippen MR) is 78.9 cm³/mol. The first-order chi connectivity index (χ1) is 9.72. The number of hydrogen-bond donors (Lipinski definition) is 3. The number of nitrogens with one attached hydrogen (secondary N) is 2. The van der Waals surface area contributed by atoms with Crippen molar-refractivity contribution in [3.05, 3.63) is 54.1 Å². The molecule has 0 aromatic heterocycles. The number of benzene rings is 2. The number of carbonyl (C=O) groups is 1. The summed E-state index contributed by atoms with van der Waals surface area (Å²) in [6.07, 6.45) is 1.68. The molecule has 1 unspecified atom stereocenters. The Labute approximate surface area is 117 Å². The predicted octanol–water partition coefficient (Wildman–Crippen LogP) is 2.76. The second kappa shape index (κ2) is 5.25. The van der Waals surface area contributed by atoms with E-state index in [4.69, 9.17) is 0 Å². The fourth-order valence-electron chi connectivity index (χ4n) is 2.41. The third-order valence-electron chi connectivity index (χ3n) is 3.50. The van der Waals surface area contributed by atoms with Gasteiger partial charge < -0.3 is 15.7 Å². The quantitative estimate of drug-likeness (QED) is 0.734. The number of anilines is 2. The third kappa shape index (κ3) is 2.59. The standard InChI is InChI=1S/C16H16N2O2/c19-13-8-6-12(7-9-13)17-16(20)15-10-5-11-3-1-2-4-14(11)18-15/h1-4,6-9,15,18-19H,5,10H2,(H,17,20). The minimum atomic E-state index is -0.223. The van der Waals surface area contributed by atoms with Crippen LogP contribution in [0.4, 0.5) is 11.4 Å². The molecule has 0 saturated carbocycles. The molecule has 4 nitrogen and oxygen atoms in total. The molecule has 1 aliphatic rings. The van der Waals surface area contributed by atoms with E-state index in [1.165, 1.54) is 5.56 Å². The molecule has 102 valence electrons. The van der Waals surface area contributed by atoms with E-state index in [-0.39, 0.29) is 17.7 Å². The van der Waals surface area contributed by atoms with Crippen LogP contribution in [0.15, 0.2) is 48.5 Å². The van der Waals surface area contributed by atoms with E-state index in [1.54, 1.807) is 24.3 Å². The highest BCUT2D eigenvalue weighted by molar-refractivity contribution is 5.97. The highest BCUT2D eigenvalue weighted by atomic mass is 16.3. The third-order valence-corrected chi connectivity index (χ3v) is 3.50. The molecule has 2 aromatic rings. The second-order valence-corrected chi connectivity index (χ2v) is 4.93. The van der Waals surface area contributed by atoms with Gasteiger partial charge in [-0.05, 0) is 48.7 Å². The summed E-state index contributed by atoms with van der Waals surface area (Å²) in [6.45, 7) is 0. The Bertz CT molecular complexity index is 623. The maximum atomic E-state index is 12.2. The topological polar surface area (TPSA) is 61.4 Å². The lowest BCUT2D eigenvalue weighted by Crippen LogP contribution is -2.37. The van der Waals surface area contributed by atoms with Crippen molar-refractivity contribution in [1.29, 1.82) is 0 Å². The zero-order valence-corrected chi connectivity index (χ0v) is 11.0. The van der Waals surface area contributed by atoms with Gasteiger partial charge in [-0.15, -0.1) is 0 Å². The molecule has 1 heterocycles. The lowest BCUT2D eigenvalue weighted by Gasteiger charge is -2.26. The summed E-state index contributed by atoms with van der Waals surface area (Å²) in [4.78, 5) is 12.2. The van der Waals surface area contributed by atoms with E-state index in [1.807, 2.05) is 18.2 Å². The van der Waals surface area contributed by atoms with Crippen LogP contribution < -0.4 is 10.6 Å². The van der Waals surface area contributed by atoms with Crippen molar-refractivity contribution in [2.24, 2.45) is 0 Å². The Morgan fingerprint density at radius 3 is 2.70 bits per heavy atom. The van der Waals surface area contributed by atoms with E-state index in [0.29, 0.717) is 5.69 Å². The molecule has 3 N–H and O–H groups in total. The highest BCUT2D eigenvalue weighted by Crippen LogP contribution is 2.25. The molecular formula is C16H16N2O2. The number of amides is 1. The van der Waals surface area contributed by atoms with Crippen LogP contribution >= 0.6 is 0 Å². The number of fused-ring (bicyclic) bond motifs is 1. The molecule has 20 heavy (non-hydrogen) atoms. The SMILES string of the molecule is O=C(Nc1ccc(O)cc1)C1CCc2ccccc2N1. The van der Waals surface area contributed by atoms with Gasteiger partial charge in [-0.2, -0.15) is 0 Å². The normalized spacial score (nSPS) is 16.9.